The van der Waals surface area contributed by atoms with E-state index in [4.69, 9.17) is 4.74 Å². The van der Waals surface area contributed by atoms with Gasteiger partial charge in [-0.3, -0.25) is 14.1 Å². The monoisotopic (exact) mass is 447 g/mol. The Bertz CT molecular complexity index is 1060. The summed E-state index contributed by atoms with van der Waals surface area (Å²) in [5.74, 6) is -1.68. The van der Waals surface area contributed by atoms with Crippen LogP contribution in [0.5, 0.6) is 0 Å². The lowest BCUT2D eigenvalue weighted by Gasteiger charge is -2.29. The molecule has 0 bridgehead atoms. The number of anilines is 1. The fraction of sp³-hybridized carbons (Fsp3) is 0.478. The first-order chi connectivity index (χ1) is 14.7. The van der Waals surface area contributed by atoms with E-state index in [2.05, 4.69) is 5.32 Å². The molecule has 2 unspecified atom stereocenters. The molecule has 0 saturated heterocycles. The van der Waals surface area contributed by atoms with Crippen molar-refractivity contribution in [2.24, 2.45) is 11.8 Å². The fourth-order valence-electron chi connectivity index (χ4n) is 4.56. The number of carbonyl (C=O) groups is 2. The van der Waals surface area contributed by atoms with Crippen LogP contribution in [0.2, 0.25) is 0 Å². The molecule has 2 aromatic carbocycles. The predicted octanol–water partition coefficient (Wildman–Crippen LogP) is 4.22. The van der Waals surface area contributed by atoms with Gasteiger partial charge in [0.05, 0.1) is 11.8 Å². The van der Waals surface area contributed by atoms with Crippen molar-refractivity contribution < 1.29 is 27.3 Å². The van der Waals surface area contributed by atoms with Crippen molar-refractivity contribution in [3.8, 4) is 0 Å². The molecule has 0 aromatic heterocycles. The molecular weight excluding hydrogens is 418 g/mol. The van der Waals surface area contributed by atoms with Crippen molar-refractivity contribution in [3.05, 3.63) is 36.4 Å². The van der Waals surface area contributed by atoms with E-state index >= 15 is 0 Å². The van der Waals surface area contributed by atoms with Gasteiger partial charge in [-0.1, -0.05) is 62.4 Å². The van der Waals surface area contributed by atoms with Gasteiger partial charge in [-0.25, -0.2) is 0 Å². The van der Waals surface area contributed by atoms with Crippen molar-refractivity contribution in [2.45, 2.75) is 56.4 Å². The Kier molecular flexibility index (Phi) is 7.46. The van der Waals surface area contributed by atoms with Crippen molar-refractivity contribution >= 4 is 38.3 Å². The predicted molar refractivity (Wildman–Crippen MR) is 119 cm³/mol. The highest BCUT2D eigenvalue weighted by atomic mass is 32.2. The largest absolute Gasteiger partial charge is 0.380 e. The van der Waals surface area contributed by atoms with Gasteiger partial charge in [0, 0.05) is 12.5 Å². The van der Waals surface area contributed by atoms with Crippen LogP contribution in [0, 0.1) is 11.8 Å². The minimum absolute atomic E-state index is 0.0648. The number of benzene rings is 2. The van der Waals surface area contributed by atoms with Crippen molar-refractivity contribution in [3.63, 3.8) is 0 Å². The van der Waals surface area contributed by atoms with Crippen LogP contribution in [0.15, 0.2) is 41.3 Å². The molecule has 1 saturated carbocycles. The maximum atomic E-state index is 13.1. The summed E-state index contributed by atoms with van der Waals surface area (Å²) in [6, 6.07) is 9.72. The Morgan fingerprint density at radius 2 is 1.81 bits per heavy atom. The summed E-state index contributed by atoms with van der Waals surface area (Å²) in [7, 11) is -3.15. The third kappa shape index (κ3) is 5.50. The quantitative estimate of drug-likeness (QED) is 0.463. The number of amides is 1. The highest BCUT2D eigenvalue weighted by Crippen LogP contribution is 2.33. The summed E-state index contributed by atoms with van der Waals surface area (Å²) in [6.07, 6.45) is 5.55. The molecule has 2 N–H and O–H groups in total. The third-order valence-electron chi connectivity index (χ3n) is 6.08. The van der Waals surface area contributed by atoms with E-state index in [1.165, 1.54) is 26.5 Å². The van der Waals surface area contributed by atoms with Gasteiger partial charge in [0.25, 0.3) is 10.1 Å². The Morgan fingerprint density at radius 3 is 2.42 bits per heavy atom. The zero-order valence-electron chi connectivity index (χ0n) is 17.8. The van der Waals surface area contributed by atoms with Gasteiger partial charge >= 0.3 is 0 Å². The van der Waals surface area contributed by atoms with E-state index < -0.39 is 28.0 Å². The molecule has 1 aliphatic carbocycles. The smallest absolute Gasteiger partial charge is 0.297 e. The van der Waals surface area contributed by atoms with Crippen LogP contribution in [-0.4, -0.2) is 37.9 Å². The molecule has 0 radical (unpaired) electrons. The molecule has 2 atom stereocenters. The molecule has 0 spiro atoms. The lowest BCUT2D eigenvalue weighted by atomic mass is 9.81. The molecule has 0 heterocycles. The van der Waals surface area contributed by atoms with Crippen molar-refractivity contribution in [2.75, 3.05) is 12.4 Å². The lowest BCUT2D eigenvalue weighted by molar-refractivity contribution is -0.136. The molecule has 1 fully saturated rings. The summed E-state index contributed by atoms with van der Waals surface area (Å²) < 4.78 is 39.6. The van der Waals surface area contributed by atoms with Crippen LogP contribution in [-0.2, 0) is 24.4 Å². The van der Waals surface area contributed by atoms with E-state index in [0.29, 0.717) is 17.7 Å². The number of hydrogen-bond acceptors (Lipinski definition) is 5. The van der Waals surface area contributed by atoms with E-state index in [9.17, 15) is 22.6 Å². The first-order valence-corrected chi connectivity index (χ1v) is 12.0. The number of ether oxygens (including phenoxy) is 1. The Labute approximate surface area is 182 Å². The minimum Gasteiger partial charge on any atom is -0.380 e. The van der Waals surface area contributed by atoms with Crippen LogP contribution in [0.1, 0.15) is 45.4 Å². The van der Waals surface area contributed by atoms with Gasteiger partial charge in [0.2, 0.25) is 5.91 Å². The maximum Gasteiger partial charge on any atom is 0.297 e. The normalized spacial score (nSPS) is 17.3. The van der Waals surface area contributed by atoms with E-state index in [1.807, 2.05) is 0 Å². The van der Waals surface area contributed by atoms with Crippen LogP contribution >= 0.6 is 0 Å². The van der Waals surface area contributed by atoms with Gasteiger partial charge in [-0.05, 0) is 30.7 Å². The average Bonchev–Trinajstić information content (AvgIpc) is 2.72. The highest BCUT2D eigenvalue weighted by molar-refractivity contribution is 7.86. The fourth-order valence-corrected chi connectivity index (χ4v) is 5.43. The van der Waals surface area contributed by atoms with Gasteiger partial charge < -0.3 is 10.1 Å². The molecule has 31 heavy (non-hydrogen) atoms. The van der Waals surface area contributed by atoms with E-state index in [0.717, 1.165) is 25.7 Å². The van der Waals surface area contributed by atoms with Gasteiger partial charge in [0.1, 0.15) is 16.6 Å². The Balaban J connectivity index is 1.92. The molecular formula is C23H29NO6S. The second kappa shape index (κ2) is 9.89. The zero-order valence-corrected chi connectivity index (χ0v) is 18.7. The number of carbonyl (C=O) groups excluding carboxylic acids is 2. The van der Waals surface area contributed by atoms with Crippen LogP contribution in [0.25, 0.3) is 10.8 Å². The first kappa shape index (κ1) is 23.4. The lowest BCUT2D eigenvalue weighted by Crippen LogP contribution is -2.40. The Morgan fingerprint density at radius 1 is 1.13 bits per heavy atom. The van der Waals surface area contributed by atoms with Crippen LogP contribution in [0.3, 0.4) is 0 Å². The van der Waals surface area contributed by atoms with Crippen LogP contribution < -0.4 is 5.32 Å². The second-order valence-corrected chi connectivity index (χ2v) is 9.59. The first-order valence-electron chi connectivity index (χ1n) is 10.6. The number of fused-ring (bicyclic) bond motifs is 1. The standard InChI is InChI=1S/C23H29NO6S/c1-15(25)21(20(30-2)14-16-8-4-3-5-9-16)23(26)24-19-13-12-17-10-6-7-11-18(17)22(19)31(27,28)29/h6-7,10-13,16,20-21H,3-5,8-9,14H2,1-2H3,(H,24,26)(H,27,28,29). The molecule has 8 heteroatoms. The Hall–Kier alpha value is -2.29. The highest BCUT2D eigenvalue weighted by Gasteiger charge is 2.35. The molecule has 1 aliphatic rings. The number of Topliss-reactive ketones (excluding diaryl/α,β-unsaturated/α-hetero) is 1. The number of ketones is 1. The molecule has 2 aromatic rings. The number of rotatable bonds is 8. The zero-order chi connectivity index (χ0) is 22.6. The maximum absolute atomic E-state index is 13.1. The molecule has 0 aliphatic heterocycles. The summed E-state index contributed by atoms with van der Waals surface area (Å²) in [5, 5.41) is 3.45. The van der Waals surface area contributed by atoms with Crippen LogP contribution in [0.4, 0.5) is 5.69 Å². The number of nitrogens with one attached hydrogen (secondary N) is 1. The van der Waals surface area contributed by atoms with E-state index in [-0.39, 0.29) is 21.8 Å². The summed E-state index contributed by atoms with van der Waals surface area (Å²) in [6.45, 7) is 1.33. The SMILES string of the molecule is COC(CC1CCCCC1)C(C(C)=O)C(=O)Nc1ccc2ccccc2c1S(=O)(=O)O. The topological polar surface area (TPSA) is 110 Å². The molecule has 1 amide bonds. The van der Waals surface area contributed by atoms with E-state index in [1.54, 1.807) is 30.3 Å². The minimum atomic E-state index is -4.63. The third-order valence-corrected chi connectivity index (χ3v) is 7.04. The number of methoxy groups -OCH3 is 1. The number of hydrogen-bond donors (Lipinski definition) is 2. The summed E-state index contributed by atoms with van der Waals surface area (Å²) >= 11 is 0. The van der Waals surface area contributed by atoms with Gasteiger partial charge in [-0.2, -0.15) is 8.42 Å². The van der Waals surface area contributed by atoms with Crippen molar-refractivity contribution in [1.29, 1.82) is 0 Å². The van der Waals surface area contributed by atoms with Gasteiger partial charge in [0.15, 0.2) is 0 Å². The molecule has 168 valence electrons. The second-order valence-electron chi connectivity index (χ2n) is 8.23. The molecule has 7 nitrogen and oxygen atoms in total. The summed E-state index contributed by atoms with van der Waals surface area (Å²) in [4.78, 5) is 25.1. The van der Waals surface area contributed by atoms with Crippen molar-refractivity contribution in [1.82, 2.24) is 0 Å². The average molecular weight is 448 g/mol. The summed E-state index contributed by atoms with van der Waals surface area (Å²) in [5.41, 5.74) is -0.0648. The molecule has 3 rings (SSSR count). The van der Waals surface area contributed by atoms with Gasteiger partial charge in [-0.15, -0.1) is 0 Å².